The number of benzene rings is 4. The molecule has 2 amide bonds. The van der Waals surface area contributed by atoms with Crippen LogP contribution in [0.2, 0.25) is 5.02 Å². The predicted octanol–water partition coefficient (Wildman–Crippen LogP) is 8.07. The molecule has 0 unspecified atom stereocenters. The minimum absolute atomic E-state index is 0.227. The third-order valence-corrected chi connectivity index (χ3v) is 7.25. The summed E-state index contributed by atoms with van der Waals surface area (Å²) in [5.74, 6) is 0.307. The van der Waals surface area contributed by atoms with Gasteiger partial charge in [0.15, 0.2) is 0 Å². The summed E-state index contributed by atoms with van der Waals surface area (Å²) in [7, 11) is 0. The van der Waals surface area contributed by atoms with Gasteiger partial charge in [-0.1, -0.05) is 76.1 Å². The lowest BCUT2D eigenvalue weighted by molar-refractivity contribution is -0.123. The van der Waals surface area contributed by atoms with Crippen LogP contribution in [-0.2, 0) is 17.9 Å². The largest absolute Gasteiger partial charge is 0.488 e. The van der Waals surface area contributed by atoms with E-state index in [0.29, 0.717) is 27.8 Å². The number of halogens is 2. The molecule has 1 aliphatic rings. The molecule has 0 aromatic heterocycles. The van der Waals surface area contributed by atoms with Crippen molar-refractivity contribution in [3.05, 3.63) is 116 Å². The molecule has 7 heteroatoms. The first-order chi connectivity index (χ1) is 17.0. The highest BCUT2D eigenvalue weighted by atomic mass is 79.9. The molecule has 4 aromatic rings. The van der Waals surface area contributed by atoms with Crippen molar-refractivity contribution < 1.29 is 14.3 Å². The smallest absolute Gasteiger partial charge is 0.293 e. The molecule has 4 nitrogen and oxygen atoms in total. The highest BCUT2D eigenvalue weighted by Gasteiger charge is 2.35. The summed E-state index contributed by atoms with van der Waals surface area (Å²) in [5.41, 5.74) is 2.59. The van der Waals surface area contributed by atoms with Crippen LogP contribution >= 0.6 is 39.3 Å². The highest BCUT2D eigenvalue weighted by Crippen LogP contribution is 2.36. The van der Waals surface area contributed by atoms with E-state index >= 15 is 0 Å². The Morgan fingerprint density at radius 2 is 1.63 bits per heavy atom. The summed E-state index contributed by atoms with van der Waals surface area (Å²) in [6, 6.07) is 27.0. The van der Waals surface area contributed by atoms with Crippen LogP contribution in [0.4, 0.5) is 4.79 Å². The van der Waals surface area contributed by atoms with Gasteiger partial charge in [0.25, 0.3) is 11.1 Å². The SMILES string of the molecule is O=C1S/C(=C\c2cc(Br)ccc2OCc2ccc(Cl)cc2)C(=O)N1Cc1ccc2ccccc2c1. The molecular weight excluding hydrogens is 546 g/mol. The molecule has 5 rings (SSSR count). The number of amides is 2. The lowest BCUT2D eigenvalue weighted by Gasteiger charge is -2.13. The van der Waals surface area contributed by atoms with Gasteiger partial charge in [0.1, 0.15) is 12.4 Å². The molecule has 174 valence electrons. The third kappa shape index (κ3) is 5.45. The number of ether oxygens (including phenoxy) is 1. The zero-order valence-corrected chi connectivity index (χ0v) is 21.6. The van der Waals surface area contributed by atoms with E-state index in [4.69, 9.17) is 16.3 Å². The maximum absolute atomic E-state index is 13.1. The molecule has 1 aliphatic heterocycles. The van der Waals surface area contributed by atoms with Crippen molar-refractivity contribution >= 4 is 67.3 Å². The summed E-state index contributed by atoms with van der Waals surface area (Å²) in [6.45, 7) is 0.578. The van der Waals surface area contributed by atoms with Crippen LogP contribution in [0.15, 0.2) is 94.3 Å². The molecule has 0 bridgehead atoms. The minimum Gasteiger partial charge on any atom is -0.488 e. The molecule has 0 N–H and O–H groups in total. The molecule has 1 fully saturated rings. The van der Waals surface area contributed by atoms with Crippen LogP contribution in [0.1, 0.15) is 16.7 Å². The Hall–Kier alpha value is -3.06. The maximum Gasteiger partial charge on any atom is 0.293 e. The molecule has 0 radical (unpaired) electrons. The molecule has 35 heavy (non-hydrogen) atoms. The summed E-state index contributed by atoms with van der Waals surface area (Å²) in [6.07, 6.45) is 1.72. The van der Waals surface area contributed by atoms with Crippen molar-refractivity contribution in [1.82, 2.24) is 4.90 Å². The van der Waals surface area contributed by atoms with E-state index < -0.39 is 0 Å². The number of nitrogens with zero attached hydrogens (tertiary/aromatic N) is 1. The van der Waals surface area contributed by atoms with E-state index in [-0.39, 0.29) is 17.7 Å². The van der Waals surface area contributed by atoms with Crippen molar-refractivity contribution in [3.8, 4) is 5.75 Å². The van der Waals surface area contributed by atoms with E-state index in [2.05, 4.69) is 15.9 Å². The summed E-state index contributed by atoms with van der Waals surface area (Å²) in [5, 5.41) is 2.57. The van der Waals surface area contributed by atoms with Gasteiger partial charge in [-0.25, -0.2) is 0 Å². The minimum atomic E-state index is -0.309. The monoisotopic (exact) mass is 563 g/mol. The number of hydrogen-bond acceptors (Lipinski definition) is 4. The Morgan fingerprint density at radius 1 is 0.886 bits per heavy atom. The number of fused-ring (bicyclic) bond motifs is 1. The lowest BCUT2D eigenvalue weighted by Crippen LogP contribution is -2.27. The van der Waals surface area contributed by atoms with Crippen molar-refractivity contribution in [3.63, 3.8) is 0 Å². The fourth-order valence-corrected chi connectivity index (χ4v) is 5.14. The number of imide groups is 1. The number of thioether (sulfide) groups is 1. The molecule has 1 saturated heterocycles. The van der Waals surface area contributed by atoms with Crippen LogP contribution in [-0.4, -0.2) is 16.0 Å². The van der Waals surface area contributed by atoms with E-state index in [9.17, 15) is 9.59 Å². The molecule has 1 heterocycles. The summed E-state index contributed by atoms with van der Waals surface area (Å²) in [4.78, 5) is 27.5. The second-order valence-electron chi connectivity index (χ2n) is 8.05. The fourth-order valence-electron chi connectivity index (χ4n) is 3.80. The number of rotatable bonds is 6. The van der Waals surface area contributed by atoms with E-state index in [1.54, 1.807) is 6.08 Å². The Labute approximate surface area is 220 Å². The first kappa shape index (κ1) is 23.7. The standard InChI is InChI=1S/C28H19BrClNO3S/c29-23-9-12-25(34-17-18-6-10-24(30)11-7-18)22(14-23)15-26-27(32)31(28(33)35-26)16-19-5-8-20-3-1-2-4-21(20)13-19/h1-15H,16-17H2/b26-15-. The predicted molar refractivity (Wildman–Crippen MR) is 145 cm³/mol. The molecular formula is C28H19BrClNO3S. The average Bonchev–Trinajstić information content (AvgIpc) is 3.12. The Morgan fingerprint density at radius 3 is 2.43 bits per heavy atom. The van der Waals surface area contributed by atoms with E-state index in [0.717, 1.165) is 38.1 Å². The number of carbonyl (C=O) groups is 2. The quantitative estimate of drug-likeness (QED) is 0.222. The van der Waals surface area contributed by atoms with Gasteiger partial charge in [0.05, 0.1) is 11.4 Å². The van der Waals surface area contributed by atoms with Gasteiger partial charge < -0.3 is 4.74 Å². The van der Waals surface area contributed by atoms with Gasteiger partial charge in [-0.15, -0.1) is 0 Å². The van der Waals surface area contributed by atoms with Gasteiger partial charge in [0.2, 0.25) is 0 Å². The van der Waals surface area contributed by atoms with Crippen molar-refractivity contribution in [1.29, 1.82) is 0 Å². The zero-order chi connectivity index (χ0) is 24.4. The lowest BCUT2D eigenvalue weighted by atomic mass is 10.1. The number of carbonyl (C=O) groups excluding carboxylic acids is 2. The second-order valence-corrected chi connectivity index (χ2v) is 10.4. The Balaban J connectivity index is 1.36. The van der Waals surface area contributed by atoms with Crippen molar-refractivity contribution in [2.45, 2.75) is 13.2 Å². The second kappa shape index (κ2) is 10.3. The molecule has 0 saturated carbocycles. The number of hydrogen-bond donors (Lipinski definition) is 0. The van der Waals surface area contributed by atoms with Crippen LogP contribution < -0.4 is 4.74 Å². The topological polar surface area (TPSA) is 46.6 Å². The fraction of sp³-hybridized carbons (Fsp3) is 0.0714. The first-order valence-electron chi connectivity index (χ1n) is 10.9. The summed E-state index contributed by atoms with van der Waals surface area (Å²) < 4.78 is 6.87. The van der Waals surface area contributed by atoms with Crippen molar-refractivity contribution in [2.75, 3.05) is 0 Å². The van der Waals surface area contributed by atoms with Crippen LogP contribution in [0.3, 0.4) is 0 Å². The van der Waals surface area contributed by atoms with Gasteiger partial charge in [-0.05, 0) is 76.1 Å². The molecule has 0 spiro atoms. The van der Waals surface area contributed by atoms with Gasteiger partial charge in [-0.2, -0.15) is 0 Å². The van der Waals surface area contributed by atoms with E-state index in [1.807, 2.05) is 84.9 Å². The van der Waals surface area contributed by atoms with Crippen LogP contribution in [0.25, 0.3) is 16.8 Å². The Bertz CT molecular complexity index is 1470. The normalized spacial score (nSPS) is 14.8. The first-order valence-corrected chi connectivity index (χ1v) is 12.8. The maximum atomic E-state index is 13.1. The zero-order valence-electron chi connectivity index (χ0n) is 18.4. The third-order valence-electron chi connectivity index (χ3n) is 5.59. The van der Waals surface area contributed by atoms with Crippen molar-refractivity contribution in [2.24, 2.45) is 0 Å². The highest BCUT2D eigenvalue weighted by molar-refractivity contribution is 9.10. The van der Waals surface area contributed by atoms with Gasteiger partial charge in [-0.3, -0.25) is 14.5 Å². The average molecular weight is 565 g/mol. The van der Waals surface area contributed by atoms with Crippen LogP contribution in [0, 0.1) is 0 Å². The molecule has 0 aliphatic carbocycles. The summed E-state index contributed by atoms with van der Waals surface area (Å²) >= 11 is 10.4. The van der Waals surface area contributed by atoms with Gasteiger partial charge >= 0.3 is 0 Å². The molecule has 0 atom stereocenters. The Kier molecular flexibility index (Phi) is 6.95. The van der Waals surface area contributed by atoms with Gasteiger partial charge in [0, 0.05) is 15.1 Å². The van der Waals surface area contributed by atoms with E-state index in [1.165, 1.54) is 4.90 Å². The van der Waals surface area contributed by atoms with Crippen LogP contribution in [0.5, 0.6) is 5.75 Å². The molecule has 4 aromatic carbocycles.